The number of nitrogen functional groups attached to an aromatic ring is 1. The number of carbonyl (C=O) groups excluding carboxylic acids is 1. The summed E-state index contributed by atoms with van der Waals surface area (Å²) in [7, 11) is -3.90. The van der Waals surface area contributed by atoms with Crippen LogP contribution in [0.15, 0.2) is 38.8 Å². The average Bonchev–Trinajstić information content (AvgIpc) is 2.68. The van der Waals surface area contributed by atoms with E-state index in [1.807, 2.05) is 27.7 Å². The van der Waals surface area contributed by atoms with E-state index in [4.69, 9.17) is 10.9 Å². The Morgan fingerprint density at radius 3 is 2.42 bits per heavy atom. The third kappa shape index (κ3) is 7.19. The van der Waals surface area contributed by atoms with Gasteiger partial charge in [0.05, 0.1) is 4.90 Å². The van der Waals surface area contributed by atoms with Crippen LogP contribution in [0.1, 0.15) is 34.1 Å². The number of primary sulfonamides is 1. The monoisotopic (exact) mass is 480 g/mol. The number of anilines is 3. The second-order valence-corrected chi connectivity index (χ2v) is 10.3. The van der Waals surface area contributed by atoms with Crippen molar-refractivity contribution in [3.05, 3.63) is 45.1 Å². The van der Waals surface area contributed by atoms with E-state index in [9.17, 15) is 22.8 Å². The van der Waals surface area contributed by atoms with Crippen LogP contribution < -0.4 is 32.3 Å². The number of H-pyrrole nitrogens is 1. The van der Waals surface area contributed by atoms with E-state index >= 15 is 0 Å². The van der Waals surface area contributed by atoms with Crippen molar-refractivity contribution in [3.63, 3.8) is 0 Å². The van der Waals surface area contributed by atoms with Crippen LogP contribution >= 0.6 is 0 Å². The zero-order chi connectivity index (χ0) is 24.9. The van der Waals surface area contributed by atoms with Gasteiger partial charge in [0.1, 0.15) is 11.5 Å². The highest BCUT2D eigenvalue weighted by Crippen LogP contribution is 2.20. The van der Waals surface area contributed by atoms with Crippen LogP contribution in [0, 0.1) is 11.8 Å². The molecule has 1 aromatic heterocycles. The number of nitrogens with zero attached hydrogens (tertiary/aromatic N) is 2. The highest BCUT2D eigenvalue weighted by atomic mass is 32.2. The summed E-state index contributed by atoms with van der Waals surface area (Å²) in [6.07, 6.45) is -0.00545. The number of hydrogen-bond acceptors (Lipinski definition) is 7. The Labute approximate surface area is 192 Å². The van der Waals surface area contributed by atoms with E-state index in [0.29, 0.717) is 13.1 Å². The van der Waals surface area contributed by atoms with Crippen molar-refractivity contribution in [2.75, 3.05) is 29.0 Å². The molecule has 2 aromatic rings. The minimum absolute atomic E-state index is 0.00545. The fraction of sp³-hybridized carbons (Fsp3) is 0.476. The van der Waals surface area contributed by atoms with E-state index in [1.54, 1.807) is 11.0 Å². The maximum absolute atomic E-state index is 12.6. The summed E-state index contributed by atoms with van der Waals surface area (Å²) in [4.78, 5) is 41.3. The first-order chi connectivity index (χ1) is 15.3. The van der Waals surface area contributed by atoms with Crippen LogP contribution in [-0.4, -0.2) is 37.0 Å². The Kier molecular flexibility index (Phi) is 8.45. The molecule has 0 atom stereocenters. The van der Waals surface area contributed by atoms with Gasteiger partial charge in [-0.05, 0) is 30.0 Å². The SMILES string of the molecule is CC(C)CN(CCC(=O)Nc1cccc(S(N)(=O)=O)c1)c1c(N)n(CC(C)C)c(=O)[nH]c1=O. The van der Waals surface area contributed by atoms with Crippen LogP contribution in [0.2, 0.25) is 0 Å². The molecule has 6 N–H and O–H groups in total. The first-order valence-corrected chi connectivity index (χ1v) is 12.1. The number of nitrogens with one attached hydrogen (secondary N) is 2. The Morgan fingerprint density at radius 1 is 1.18 bits per heavy atom. The van der Waals surface area contributed by atoms with Gasteiger partial charge in [-0.3, -0.25) is 19.1 Å². The van der Waals surface area contributed by atoms with E-state index in [1.165, 1.54) is 22.8 Å². The lowest BCUT2D eigenvalue weighted by Gasteiger charge is -2.28. The number of amides is 1. The lowest BCUT2D eigenvalue weighted by molar-refractivity contribution is -0.116. The minimum Gasteiger partial charge on any atom is -0.383 e. The van der Waals surface area contributed by atoms with Crippen molar-refractivity contribution in [1.29, 1.82) is 0 Å². The van der Waals surface area contributed by atoms with E-state index in [-0.39, 0.29) is 52.8 Å². The second-order valence-electron chi connectivity index (χ2n) is 8.71. The fourth-order valence-corrected chi connectivity index (χ4v) is 3.93. The smallest absolute Gasteiger partial charge is 0.330 e. The van der Waals surface area contributed by atoms with Gasteiger partial charge in [-0.2, -0.15) is 0 Å². The molecule has 1 amide bonds. The Morgan fingerprint density at radius 2 is 1.85 bits per heavy atom. The Hall–Kier alpha value is -3.12. The molecule has 0 aliphatic rings. The molecule has 2 rings (SSSR count). The standard InChI is InChI=1S/C21H32N6O5S/c1-13(2)11-26(18-19(22)27(12-14(3)4)21(30)25-20(18)29)9-8-17(28)24-15-6-5-7-16(10-15)33(23,31)32/h5-7,10,13-14H,8-9,11-12,22H2,1-4H3,(H,24,28)(H2,23,31,32)(H,25,29,30). The van der Waals surface area contributed by atoms with Crippen LogP contribution in [0.5, 0.6) is 0 Å². The molecular weight excluding hydrogens is 448 g/mol. The molecule has 0 radical (unpaired) electrons. The highest BCUT2D eigenvalue weighted by molar-refractivity contribution is 7.89. The molecule has 0 saturated carbocycles. The molecular formula is C21H32N6O5S. The predicted molar refractivity (Wildman–Crippen MR) is 129 cm³/mol. The van der Waals surface area contributed by atoms with Crippen molar-refractivity contribution in [1.82, 2.24) is 9.55 Å². The molecule has 0 unspecified atom stereocenters. The van der Waals surface area contributed by atoms with Gasteiger partial charge >= 0.3 is 5.69 Å². The molecule has 1 aromatic carbocycles. The number of sulfonamides is 1. The molecule has 0 spiro atoms. The summed E-state index contributed by atoms with van der Waals surface area (Å²) in [5.41, 5.74) is 5.47. The normalized spacial score (nSPS) is 11.7. The number of benzene rings is 1. The van der Waals surface area contributed by atoms with Crippen molar-refractivity contribution >= 4 is 33.1 Å². The summed E-state index contributed by atoms with van der Waals surface area (Å²) in [5.74, 6) is -0.0647. The third-order valence-corrected chi connectivity index (χ3v) is 5.63. The maximum Gasteiger partial charge on any atom is 0.330 e. The van der Waals surface area contributed by atoms with Gasteiger partial charge in [0, 0.05) is 31.7 Å². The number of aromatic amines is 1. The van der Waals surface area contributed by atoms with Gasteiger partial charge in [-0.15, -0.1) is 0 Å². The van der Waals surface area contributed by atoms with Crippen LogP contribution in [0.25, 0.3) is 0 Å². The zero-order valence-electron chi connectivity index (χ0n) is 19.3. The predicted octanol–water partition coefficient (Wildman–Crippen LogP) is 0.913. The Bertz CT molecular complexity index is 1220. The number of nitrogens with two attached hydrogens (primary N) is 2. The van der Waals surface area contributed by atoms with Gasteiger partial charge in [0.2, 0.25) is 15.9 Å². The molecule has 11 nitrogen and oxygen atoms in total. The van der Waals surface area contributed by atoms with Crippen LogP contribution in [-0.2, 0) is 21.4 Å². The van der Waals surface area contributed by atoms with Gasteiger partial charge in [0.25, 0.3) is 5.56 Å². The lowest BCUT2D eigenvalue weighted by atomic mass is 10.2. The largest absolute Gasteiger partial charge is 0.383 e. The van der Waals surface area contributed by atoms with Gasteiger partial charge < -0.3 is 16.0 Å². The zero-order valence-corrected chi connectivity index (χ0v) is 20.1. The second kappa shape index (κ2) is 10.7. The molecule has 0 bridgehead atoms. The summed E-state index contributed by atoms with van der Waals surface area (Å²) < 4.78 is 24.4. The topological polar surface area (TPSA) is 173 Å². The van der Waals surface area contributed by atoms with Gasteiger partial charge in [-0.25, -0.2) is 18.4 Å². The molecule has 182 valence electrons. The first-order valence-electron chi connectivity index (χ1n) is 10.6. The fourth-order valence-electron chi connectivity index (χ4n) is 3.38. The van der Waals surface area contributed by atoms with E-state index < -0.39 is 21.3 Å². The maximum atomic E-state index is 12.6. The number of hydrogen-bond donors (Lipinski definition) is 4. The van der Waals surface area contributed by atoms with Crippen molar-refractivity contribution in [2.45, 2.75) is 45.6 Å². The molecule has 0 aliphatic carbocycles. The highest BCUT2D eigenvalue weighted by Gasteiger charge is 2.21. The molecule has 0 aliphatic heterocycles. The van der Waals surface area contributed by atoms with Crippen molar-refractivity contribution < 1.29 is 13.2 Å². The van der Waals surface area contributed by atoms with Gasteiger partial charge in [0.15, 0.2) is 0 Å². The third-order valence-electron chi connectivity index (χ3n) is 4.72. The number of rotatable bonds is 10. The van der Waals surface area contributed by atoms with Crippen molar-refractivity contribution in [3.8, 4) is 0 Å². The summed E-state index contributed by atoms with van der Waals surface area (Å²) in [5, 5.41) is 7.76. The van der Waals surface area contributed by atoms with Crippen molar-refractivity contribution in [2.24, 2.45) is 17.0 Å². The molecule has 0 fully saturated rings. The van der Waals surface area contributed by atoms with E-state index in [0.717, 1.165) is 0 Å². The molecule has 33 heavy (non-hydrogen) atoms. The summed E-state index contributed by atoms with van der Waals surface area (Å²) >= 11 is 0. The van der Waals surface area contributed by atoms with Crippen LogP contribution in [0.4, 0.5) is 17.2 Å². The summed E-state index contributed by atoms with van der Waals surface area (Å²) in [6.45, 7) is 8.70. The minimum atomic E-state index is -3.90. The Balaban J connectivity index is 2.27. The number of carbonyl (C=O) groups is 1. The van der Waals surface area contributed by atoms with Gasteiger partial charge in [-0.1, -0.05) is 33.8 Å². The quantitative estimate of drug-likeness (QED) is 0.391. The van der Waals surface area contributed by atoms with Crippen LogP contribution in [0.3, 0.4) is 0 Å². The number of aromatic nitrogens is 2. The molecule has 12 heteroatoms. The molecule has 1 heterocycles. The lowest BCUT2D eigenvalue weighted by Crippen LogP contribution is -2.41. The molecule has 0 saturated heterocycles. The first kappa shape index (κ1) is 26.1. The van der Waals surface area contributed by atoms with E-state index in [2.05, 4.69) is 10.3 Å². The average molecular weight is 481 g/mol. The summed E-state index contributed by atoms with van der Waals surface area (Å²) in [6, 6.07) is 5.61.